The second-order valence-corrected chi connectivity index (χ2v) is 6.59. The first kappa shape index (κ1) is 17.8. The van der Waals surface area contributed by atoms with Crippen LogP contribution in [0.1, 0.15) is 19.5 Å². The molecule has 0 saturated carbocycles. The Kier molecular flexibility index (Phi) is 5.60. The molecule has 0 aliphatic carbocycles. The Morgan fingerprint density at radius 3 is 2.96 bits per heavy atom. The molecule has 25 heavy (non-hydrogen) atoms. The van der Waals surface area contributed by atoms with Crippen molar-refractivity contribution in [1.82, 2.24) is 15.0 Å². The first-order valence-electron chi connectivity index (χ1n) is 8.44. The van der Waals surface area contributed by atoms with Crippen LogP contribution < -0.4 is 0 Å². The zero-order chi connectivity index (χ0) is 17.8. The molecule has 1 aliphatic rings. The van der Waals surface area contributed by atoms with E-state index in [0.717, 1.165) is 17.8 Å². The Morgan fingerprint density at radius 1 is 1.40 bits per heavy atom. The summed E-state index contributed by atoms with van der Waals surface area (Å²) in [5.74, 6) is 0.704. The summed E-state index contributed by atoms with van der Waals surface area (Å²) in [7, 11) is 0. The predicted molar refractivity (Wildman–Crippen MR) is 95.4 cm³/mol. The first-order chi connectivity index (χ1) is 12.1. The van der Waals surface area contributed by atoms with E-state index in [0.29, 0.717) is 37.0 Å². The van der Waals surface area contributed by atoms with E-state index in [1.807, 2.05) is 37.3 Å². The van der Waals surface area contributed by atoms with E-state index in [9.17, 15) is 4.79 Å². The summed E-state index contributed by atoms with van der Waals surface area (Å²) in [6.07, 6.45) is -0.237. The van der Waals surface area contributed by atoms with Gasteiger partial charge in [-0.2, -0.15) is 0 Å². The number of benzene rings is 1. The molecule has 3 rings (SSSR count). The second-order valence-electron chi connectivity index (χ2n) is 6.16. The number of piperazine rings is 1. The molecule has 7 heteroatoms. The number of rotatable bonds is 4. The van der Waals surface area contributed by atoms with Crippen molar-refractivity contribution >= 4 is 17.7 Å². The summed E-state index contributed by atoms with van der Waals surface area (Å²) in [6.45, 7) is 7.09. The maximum absolute atomic E-state index is 11.8. The number of carbonyl (C=O) groups excluding carboxylic acids is 1. The Balaban J connectivity index is 1.61. The van der Waals surface area contributed by atoms with Gasteiger partial charge in [-0.1, -0.05) is 28.9 Å². The van der Waals surface area contributed by atoms with E-state index in [1.54, 1.807) is 4.90 Å². The number of ether oxygens (including phenoxy) is 1. The second kappa shape index (κ2) is 7.89. The zero-order valence-corrected chi connectivity index (χ0v) is 15.2. The quantitative estimate of drug-likeness (QED) is 0.829. The van der Waals surface area contributed by atoms with Crippen molar-refractivity contribution in [3.8, 4) is 11.3 Å². The average molecular weight is 364 g/mol. The molecule has 1 amide bonds. The van der Waals surface area contributed by atoms with Crippen molar-refractivity contribution in [1.29, 1.82) is 0 Å². The molecule has 0 bridgehead atoms. The SMILES string of the molecule is CCOC(=O)N1CCN(Cc2cc(-c3cccc(Cl)c3)on2)[C@@H](C)C1. The molecule has 0 radical (unpaired) electrons. The summed E-state index contributed by atoms with van der Waals surface area (Å²) in [6, 6.07) is 9.67. The number of carbonyl (C=O) groups is 1. The van der Waals surface area contributed by atoms with E-state index in [-0.39, 0.29) is 12.1 Å². The fourth-order valence-electron chi connectivity index (χ4n) is 2.98. The van der Waals surface area contributed by atoms with Crippen molar-refractivity contribution in [3.05, 3.63) is 41.0 Å². The van der Waals surface area contributed by atoms with Gasteiger partial charge in [0.25, 0.3) is 0 Å². The number of hydrogen-bond donors (Lipinski definition) is 0. The molecule has 2 heterocycles. The van der Waals surface area contributed by atoms with Crippen LogP contribution in [-0.4, -0.2) is 53.3 Å². The molecule has 1 fully saturated rings. The number of hydrogen-bond acceptors (Lipinski definition) is 5. The number of halogens is 1. The van der Waals surface area contributed by atoms with Gasteiger partial charge in [-0.15, -0.1) is 0 Å². The number of nitrogens with zero attached hydrogens (tertiary/aromatic N) is 3. The Bertz CT molecular complexity index is 734. The molecule has 0 spiro atoms. The van der Waals surface area contributed by atoms with Gasteiger partial charge in [-0.05, 0) is 26.0 Å². The Hall–Kier alpha value is -2.05. The highest BCUT2D eigenvalue weighted by molar-refractivity contribution is 6.30. The first-order valence-corrected chi connectivity index (χ1v) is 8.82. The molecule has 0 N–H and O–H groups in total. The number of amides is 1. The fraction of sp³-hybridized carbons (Fsp3) is 0.444. The molecular formula is C18H22ClN3O3. The van der Waals surface area contributed by atoms with Crippen LogP contribution in [0.4, 0.5) is 4.79 Å². The van der Waals surface area contributed by atoms with Gasteiger partial charge in [0.05, 0.1) is 12.3 Å². The van der Waals surface area contributed by atoms with Crippen LogP contribution in [-0.2, 0) is 11.3 Å². The summed E-state index contributed by atoms with van der Waals surface area (Å²) in [5, 5.41) is 4.84. The lowest BCUT2D eigenvalue weighted by Crippen LogP contribution is -2.53. The van der Waals surface area contributed by atoms with Crippen molar-refractivity contribution in [3.63, 3.8) is 0 Å². The van der Waals surface area contributed by atoms with Crippen LogP contribution in [0, 0.1) is 0 Å². The molecule has 134 valence electrons. The smallest absolute Gasteiger partial charge is 0.409 e. The lowest BCUT2D eigenvalue weighted by Gasteiger charge is -2.38. The van der Waals surface area contributed by atoms with Gasteiger partial charge >= 0.3 is 6.09 Å². The molecule has 1 aromatic carbocycles. The van der Waals surface area contributed by atoms with Crippen molar-refractivity contribution in [2.24, 2.45) is 0 Å². The van der Waals surface area contributed by atoms with E-state index < -0.39 is 0 Å². The van der Waals surface area contributed by atoms with Crippen LogP contribution >= 0.6 is 11.6 Å². The number of aromatic nitrogens is 1. The summed E-state index contributed by atoms with van der Waals surface area (Å²) in [4.78, 5) is 15.9. The molecule has 1 aliphatic heterocycles. The largest absolute Gasteiger partial charge is 0.450 e. The van der Waals surface area contributed by atoms with Crippen LogP contribution in [0.3, 0.4) is 0 Å². The van der Waals surface area contributed by atoms with Crippen molar-refractivity contribution in [2.75, 3.05) is 26.2 Å². The van der Waals surface area contributed by atoms with Crippen molar-refractivity contribution < 1.29 is 14.1 Å². The summed E-state index contributed by atoms with van der Waals surface area (Å²) in [5.41, 5.74) is 1.78. The zero-order valence-electron chi connectivity index (χ0n) is 14.4. The van der Waals surface area contributed by atoms with Gasteiger partial charge in [-0.3, -0.25) is 4.90 Å². The van der Waals surface area contributed by atoms with E-state index in [1.165, 1.54) is 0 Å². The highest BCUT2D eigenvalue weighted by Gasteiger charge is 2.28. The standard InChI is InChI=1S/C18H22ClN3O3/c1-3-24-18(23)22-8-7-21(13(2)11-22)12-16-10-17(25-20-16)14-5-4-6-15(19)9-14/h4-6,9-10,13H,3,7-8,11-12H2,1-2H3/t13-/m0/s1. The highest BCUT2D eigenvalue weighted by Crippen LogP contribution is 2.24. The van der Waals surface area contributed by atoms with E-state index in [4.69, 9.17) is 20.9 Å². The predicted octanol–water partition coefficient (Wildman–Crippen LogP) is 3.66. The highest BCUT2D eigenvalue weighted by atomic mass is 35.5. The van der Waals surface area contributed by atoms with Crippen LogP contribution in [0.2, 0.25) is 5.02 Å². The third-order valence-corrected chi connectivity index (χ3v) is 4.56. The third-order valence-electron chi connectivity index (χ3n) is 4.32. The van der Waals surface area contributed by atoms with Gasteiger partial charge in [0.15, 0.2) is 5.76 Å². The Labute approximate surface area is 152 Å². The van der Waals surface area contributed by atoms with Gasteiger partial charge in [0.1, 0.15) is 0 Å². The molecular weight excluding hydrogens is 342 g/mol. The molecule has 2 aromatic rings. The molecule has 1 aromatic heterocycles. The lowest BCUT2D eigenvalue weighted by atomic mass is 10.1. The summed E-state index contributed by atoms with van der Waals surface area (Å²) < 4.78 is 10.5. The van der Waals surface area contributed by atoms with E-state index in [2.05, 4.69) is 17.0 Å². The van der Waals surface area contributed by atoms with Crippen molar-refractivity contribution in [2.45, 2.75) is 26.4 Å². The fourth-order valence-corrected chi connectivity index (χ4v) is 3.17. The maximum atomic E-state index is 11.8. The van der Waals surface area contributed by atoms with Gasteiger partial charge < -0.3 is 14.2 Å². The molecule has 6 nitrogen and oxygen atoms in total. The van der Waals surface area contributed by atoms with Crippen LogP contribution in [0.15, 0.2) is 34.9 Å². The molecule has 0 unspecified atom stereocenters. The van der Waals surface area contributed by atoms with E-state index >= 15 is 0 Å². The minimum atomic E-state index is -0.237. The minimum Gasteiger partial charge on any atom is -0.450 e. The summed E-state index contributed by atoms with van der Waals surface area (Å²) >= 11 is 6.03. The lowest BCUT2D eigenvalue weighted by molar-refractivity contribution is 0.0536. The minimum absolute atomic E-state index is 0.226. The molecule has 1 atom stereocenters. The Morgan fingerprint density at radius 2 is 2.24 bits per heavy atom. The third kappa shape index (κ3) is 4.32. The topological polar surface area (TPSA) is 58.8 Å². The van der Waals surface area contributed by atoms with Crippen LogP contribution in [0.5, 0.6) is 0 Å². The normalized spacial score (nSPS) is 18.4. The maximum Gasteiger partial charge on any atom is 0.409 e. The monoisotopic (exact) mass is 363 g/mol. The average Bonchev–Trinajstić information content (AvgIpc) is 3.05. The molecule has 1 saturated heterocycles. The van der Waals surface area contributed by atoms with Gasteiger partial charge in [0, 0.05) is 48.9 Å². The van der Waals surface area contributed by atoms with Gasteiger partial charge in [0.2, 0.25) is 0 Å². The van der Waals surface area contributed by atoms with Gasteiger partial charge in [-0.25, -0.2) is 4.79 Å². The van der Waals surface area contributed by atoms with Crippen LogP contribution in [0.25, 0.3) is 11.3 Å².